The highest BCUT2D eigenvalue weighted by Gasteiger charge is 2.31. The van der Waals surface area contributed by atoms with Crippen LogP contribution in [0.1, 0.15) is 11.1 Å². The summed E-state index contributed by atoms with van der Waals surface area (Å²) in [7, 11) is 0. The lowest BCUT2D eigenvalue weighted by atomic mass is 10.1. The third-order valence-electron chi connectivity index (χ3n) is 2.71. The summed E-state index contributed by atoms with van der Waals surface area (Å²) < 4.78 is 51.8. The first-order valence-corrected chi connectivity index (χ1v) is 5.91. The molecule has 0 bridgehead atoms. The van der Waals surface area contributed by atoms with Crippen LogP contribution in [0.4, 0.5) is 23.5 Å². The first-order chi connectivity index (χ1) is 10.3. The summed E-state index contributed by atoms with van der Waals surface area (Å²) in [5.41, 5.74) is 4.18. The zero-order chi connectivity index (χ0) is 16.3. The van der Waals surface area contributed by atoms with Crippen LogP contribution in [0.3, 0.4) is 0 Å². The number of nitrogens with two attached hydrogens (primary N) is 1. The Morgan fingerprint density at radius 3 is 2.64 bits per heavy atom. The van der Waals surface area contributed by atoms with Crippen molar-refractivity contribution in [1.29, 1.82) is 0 Å². The number of carbonyl (C=O) groups excluding carboxylic acids is 1. The quantitative estimate of drug-likeness (QED) is 0.810. The Morgan fingerprint density at radius 2 is 2.09 bits per heavy atom. The van der Waals surface area contributed by atoms with Crippen LogP contribution in [0.5, 0.6) is 0 Å². The van der Waals surface area contributed by atoms with Crippen molar-refractivity contribution < 1.29 is 22.4 Å². The van der Waals surface area contributed by atoms with Crippen LogP contribution >= 0.6 is 0 Å². The molecule has 118 valence electrons. The van der Waals surface area contributed by atoms with Gasteiger partial charge in [0.15, 0.2) is 0 Å². The number of halogens is 4. The van der Waals surface area contributed by atoms with Crippen LogP contribution < -0.4 is 11.1 Å². The lowest BCUT2D eigenvalue weighted by Gasteiger charge is -2.10. The second-order valence-electron chi connectivity index (χ2n) is 4.28. The fourth-order valence-electron chi connectivity index (χ4n) is 1.58. The van der Waals surface area contributed by atoms with E-state index in [1.165, 1.54) is 0 Å². The van der Waals surface area contributed by atoms with Crippen LogP contribution in [0.2, 0.25) is 0 Å². The summed E-state index contributed by atoms with van der Waals surface area (Å²) in [6, 6.07) is 2.08. The summed E-state index contributed by atoms with van der Waals surface area (Å²) in [6.45, 7) is -0.564. The van der Waals surface area contributed by atoms with E-state index in [-0.39, 0.29) is 24.6 Å². The lowest BCUT2D eigenvalue weighted by Crippen LogP contribution is -2.28. The van der Waals surface area contributed by atoms with Crippen molar-refractivity contribution in [3.8, 4) is 0 Å². The van der Waals surface area contributed by atoms with Gasteiger partial charge in [-0.05, 0) is 22.6 Å². The Bertz CT molecular complexity index is 683. The van der Waals surface area contributed by atoms with E-state index in [4.69, 9.17) is 5.73 Å². The van der Waals surface area contributed by atoms with E-state index in [9.17, 15) is 22.4 Å². The van der Waals surface area contributed by atoms with Crippen LogP contribution in [-0.2, 0) is 24.1 Å². The number of nitrogens with one attached hydrogen (secondary N) is 1. The van der Waals surface area contributed by atoms with E-state index in [0.29, 0.717) is 6.07 Å². The minimum atomic E-state index is -4.62. The monoisotopic (exact) mass is 318 g/mol. The number of anilines is 1. The molecule has 3 N–H and O–H groups in total. The second kappa shape index (κ2) is 5.95. The largest absolute Gasteiger partial charge is 0.416 e. The summed E-state index contributed by atoms with van der Waals surface area (Å²) in [5.74, 6) is -1.70. The maximum Gasteiger partial charge on any atom is 0.416 e. The van der Waals surface area contributed by atoms with Gasteiger partial charge >= 0.3 is 6.18 Å². The van der Waals surface area contributed by atoms with E-state index in [1.54, 1.807) is 0 Å². The minimum absolute atomic E-state index is 0.0733. The number of benzene rings is 1. The molecule has 1 heterocycles. The smallest absolute Gasteiger partial charge is 0.367 e. The molecule has 0 aliphatic rings. The summed E-state index contributed by atoms with van der Waals surface area (Å²) in [6.07, 6.45) is -4.62. The predicted molar refractivity (Wildman–Crippen MR) is 65.5 cm³/mol. The fraction of sp³-hybridized carbons (Fsp3) is 0.273. The fourth-order valence-corrected chi connectivity index (χ4v) is 1.58. The molecular formula is C11H10F4N6O. The molecule has 0 aliphatic carbocycles. The molecule has 0 saturated heterocycles. The molecule has 0 atom stereocenters. The average Bonchev–Trinajstić information content (AvgIpc) is 2.82. The minimum Gasteiger partial charge on any atom is -0.367 e. The third kappa shape index (κ3) is 3.68. The van der Waals surface area contributed by atoms with E-state index >= 15 is 0 Å². The third-order valence-corrected chi connectivity index (χ3v) is 2.71. The Hall–Kier alpha value is -2.72. The molecule has 11 heteroatoms. The average molecular weight is 318 g/mol. The molecule has 0 spiro atoms. The van der Waals surface area contributed by atoms with Gasteiger partial charge in [-0.25, -0.2) is 9.07 Å². The predicted octanol–water partition coefficient (Wildman–Crippen LogP) is 0.730. The SMILES string of the molecule is Nc1nnnn1CC(=O)NCc1ccc(C(F)(F)F)cc1F. The number of amides is 1. The van der Waals surface area contributed by atoms with Gasteiger partial charge in [0.25, 0.3) is 0 Å². The highest BCUT2D eigenvalue weighted by Crippen LogP contribution is 2.30. The van der Waals surface area contributed by atoms with E-state index < -0.39 is 23.5 Å². The Kier molecular flexibility index (Phi) is 4.24. The van der Waals surface area contributed by atoms with Gasteiger partial charge in [0.05, 0.1) is 5.56 Å². The van der Waals surface area contributed by atoms with E-state index in [1.807, 2.05) is 0 Å². The Morgan fingerprint density at radius 1 is 1.36 bits per heavy atom. The van der Waals surface area contributed by atoms with Crippen LogP contribution in [-0.4, -0.2) is 26.1 Å². The number of hydrogen-bond donors (Lipinski definition) is 2. The summed E-state index contributed by atoms with van der Waals surface area (Å²) in [5, 5.41) is 12.4. The van der Waals surface area contributed by atoms with Crippen molar-refractivity contribution in [1.82, 2.24) is 25.5 Å². The molecule has 0 aliphatic heterocycles. The van der Waals surface area contributed by atoms with E-state index in [2.05, 4.69) is 20.8 Å². The molecule has 1 amide bonds. The zero-order valence-corrected chi connectivity index (χ0v) is 10.9. The molecule has 0 saturated carbocycles. The van der Waals surface area contributed by atoms with Crippen molar-refractivity contribution in [3.05, 3.63) is 35.1 Å². The van der Waals surface area contributed by atoms with Crippen LogP contribution in [0.25, 0.3) is 0 Å². The standard InChI is InChI=1S/C11H10F4N6O/c12-8-3-7(11(13,14)15)2-1-6(8)4-17-9(22)5-21-10(16)18-19-20-21/h1-3H,4-5H2,(H,17,22)(H2,16,18,20). The molecule has 22 heavy (non-hydrogen) atoms. The summed E-state index contributed by atoms with van der Waals surface area (Å²) >= 11 is 0. The van der Waals surface area contributed by atoms with Gasteiger partial charge in [0.1, 0.15) is 12.4 Å². The van der Waals surface area contributed by atoms with Gasteiger partial charge < -0.3 is 11.1 Å². The zero-order valence-electron chi connectivity index (χ0n) is 10.9. The topological polar surface area (TPSA) is 98.7 Å². The highest BCUT2D eigenvalue weighted by molar-refractivity contribution is 5.75. The first-order valence-electron chi connectivity index (χ1n) is 5.91. The highest BCUT2D eigenvalue weighted by atomic mass is 19.4. The van der Waals surface area contributed by atoms with Crippen molar-refractivity contribution in [2.24, 2.45) is 0 Å². The molecule has 2 rings (SSSR count). The van der Waals surface area contributed by atoms with Gasteiger partial charge in [-0.1, -0.05) is 11.2 Å². The number of aromatic nitrogens is 4. The maximum absolute atomic E-state index is 13.6. The molecule has 0 fully saturated rings. The number of nitrogens with zero attached hydrogens (tertiary/aromatic N) is 4. The first kappa shape index (κ1) is 15.7. The normalized spacial score (nSPS) is 11.5. The van der Waals surface area contributed by atoms with Crippen molar-refractivity contribution in [3.63, 3.8) is 0 Å². The van der Waals surface area contributed by atoms with Gasteiger partial charge in [0, 0.05) is 12.1 Å². The second-order valence-corrected chi connectivity index (χ2v) is 4.28. The number of rotatable bonds is 4. The molecule has 2 aromatic rings. The van der Waals surface area contributed by atoms with Crippen molar-refractivity contribution in [2.45, 2.75) is 19.3 Å². The number of hydrogen-bond acceptors (Lipinski definition) is 5. The number of nitrogen functional groups attached to an aromatic ring is 1. The van der Waals surface area contributed by atoms with Crippen molar-refractivity contribution >= 4 is 11.9 Å². The Balaban J connectivity index is 1.97. The summed E-state index contributed by atoms with van der Waals surface area (Å²) in [4.78, 5) is 11.6. The molecule has 1 aromatic carbocycles. The lowest BCUT2D eigenvalue weighted by molar-refractivity contribution is -0.137. The van der Waals surface area contributed by atoms with Gasteiger partial charge in [-0.3, -0.25) is 4.79 Å². The van der Waals surface area contributed by atoms with Crippen LogP contribution in [0, 0.1) is 5.82 Å². The molecular weight excluding hydrogens is 308 g/mol. The molecule has 7 nitrogen and oxygen atoms in total. The molecule has 0 radical (unpaired) electrons. The van der Waals surface area contributed by atoms with Gasteiger partial charge in [-0.2, -0.15) is 13.2 Å². The van der Waals surface area contributed by atoms with Gasteiger partial charge in [-0.15, -0.1) is 0 Å². The molecule has 0 unspecified atom stereocenters. The van der Waals surface area contributed by atoms with Crippen LogP contribution in [0.15, 0.2) is 18.2 Å². The maximum atomic E-state index is 13.6. The van der Waals surface area contributed by atoms with Crippen molar-refractivity contribution in [2.75, 3.05) is 5.73 Å². The molecule has 1 aromatic heterocycles. The Labute approximate surface area is 121 Å². The number of carbonyl (C=O) groups is 1. The van der Waals surface area contributed by atoms with E-state index in [0.717, 1.165) is 16.8 Å². The number of tetrazole rings is 1. The number of alkyl halides is 3. The van der Waals surface area contributed by atoms with Gasteiger partial charge in [0.2, 0.25) is 11.9 Å².